The van der Waals surface area contributed by atoms with E-state index in [-0.39, 0.29) is 42.8 Å². The van der Waals surface area contributed by atoms with Crippen molar-refractivity contribution in [2.24, 2.45) is 14.1 Å². The lowest BCUT2D eigenvalue weighted by atomic mass is 9.94. The zero-order chi connectivity index (χ0) is 33.4. The number of hydrogen-bond acceptors (Lipinski definition) is 10. The molecule has 7 atom stereocenters. The summed E-state index contributed by atoms with van der Waals surface area (Å²) < 4.78 is 48.1. The van der Waals surface area contributed by atoms with Crippen LogP contribution in [0.1, 0.15) is 50.5 Å². The van der Waals surface area contributed by atoms with Gasteiger partial charge in [-0.3, -0.25) is 18.7 Å². The number of aromatic nitrogens is 4. The first-order valence-corrected chi connectivity index (χ1v) is 17.3. The molecule has 0 radical (unpaired) electrons. The van der Waals surface area contributed by atoms with E-state index in [1.807, 2.05) is 30.3 Å². The molecule has 6 rings (SSSR count). The van der Waals surface area contributed by atoms with Crippen molar-refractivity contribution < 1.29 is 36.8 Å². The zero-order valence-electron chi connectivity index (χ0n) is 26.6. The van der Waals surface area contributed by atoms with Crippen LogP contribution in [0.15, 0.2) is 46.2 Å². The van der Waals surface area contributed by atoms with Crippen molar-refractivity contribution >= 4 is 27.3 Å². The van der Waals surface area contributed by atoms with Crippen molar-refractivity contribution in [3.63, 3.8) is 0 Å². The van der Waals surface area contributed by atoms with E-state index in [0.717, 1.165) is 27.5 Å². The van der Waals surface area contributed by atoms with Crippen LogP contribution < -0.4 is 11.2 Å². The van der Waals surface area contributed by atoms with Crippen molar-refractivity contribution in [3.05, 3.63) is 63.1 Å². The van der Waals surface area contributed by atoms with Crippen LogP contribution in [0.3, 0.4) is 0 Å². The number of carbonyl (C=O) groups excluding carboxylic acids is 1. The van der Waals surface area contributed by atoms with Crippen molar-refractivity contribution in [2.45, 2.75) is 81.9 Å². The Balaban J connectivity index is 0.000000188. The Kier molecular flexibility index (Phi) is 9.89. The molecule has 3 aliphatic heterocycles. The van der Waals surface area contributed by atoms with Crippen LogP contribution in [0.25, 0.3) is 11.2 Å². The number of morpholine rings is 1. The molecule has 3 fully saturated rings. The van der Waals surface area contributed by atoms with Crippen LogP contribution in [-0.2, 0) is 45.0 Å². The van der Waals surface area contributed by atoms with Crippen molar-refractivity contribution in [2.75, 3.05) is 26.0 Å². The first kappa shape index (κ1) is 34.0. The van der Waals surface area contributed by atoms with Crippen molar-refractivity contribution in [1.82, 2.24) is 18.7 Å². The van der Waals surface area contributed by atoms with Crippen molar-refractivity contribution in [1.29, 1.82) is 0 Å². The molecule has 1 aromatic carbocycles. The van der Waals surface area contributed by atoms with Gasteiger partial charge in [0, 0.05) is 39.2 Å². The summed E-state index contributed by atoms with van der Waals surface area (Å²) >= 11 is 0. The predicted octanol–water partition coefficient (Wildman–Crippen LogP) is 0.602. The summed E-state index contributed by atoms with van der Waals surface area (Å²) in [7, 11) is 0.914. The topological polar surface area (TPSA) is 178 Å². The summed E-state index contributed by atoms with van der Waals surface area (Å²) in [6, 6.07) is 10.3. The molecule has 46 heavy (non-hydrogen) atoms. The smallest absolute Gasteiger partial charge is 0.332 e. The molecule has 15 heteroatoms. The number of quaternary nitrogens is 1. The van der Waals surface area contributed by atoms with Crippen molar-refractivity contribution in [3.8, 4) is 0 Å². The molecule has 0 amide bonds. The fraction of sp³-hybridized carbons (Fsp3) is 0.613. The predicted molar refractivity (Wildman–Crippen MR) is 167 cm³/mol. The lowest BCUT2D eigenvalue weighted by molar-refractivity contribution is -0.956. The highest BCUT2D eigenvalue weighted by atomic mass is 32.2. The maximum atomic E-state index is 12.7. The van der Waals surface area contributed by atoms with E-state index in [0.29, 0.717) is 24.3 Å². The fourth-order valence-electron chi connectivity index (χ4n) is 7.21. The minimum atomic E-state index is -4.29. The number of unbranched alkanes of at least 4 members (excludes halogenated alkanes) is 1. The number of aryl methyl sites for hydroxylation is 2. The monoisotopic (exact) mass is 661 g/mol. The number of rotatable bonds is 11. The second kappa shape index (κ2) is 13.4. The molecule has 3 saturated heterocycles. The SMILES string of the molecule is CCCC[N+]1(C)C2CC(OC(=O)[C@H](CO)c3ccccc3)CC1[C@H]1OC21.Cn1c(=O)c2c(ncn2CCCS(=O)(=O)[O-])n(C)c1=O. The zero-order valence-corrected chi connectivity index (χ0v) is 27.5. The number of nitrogens with zero attached hydrogens (tertiary/aromatic N) is 5. The average molecular weight is 662 g/mol. The molecule has 14 nitrogen and oxygen atoms in total. The number of ether oxygens (including phenoxy) is 2. The largest absolute Gasteiger partial charge is 0.748 e. The van der Waals surface area contributed by atoms with Gasteiger partial charge in [-0.2, -0.15) is 0 Å². The van der Waals surface area contributed by atoms with Gasteiger partial charge < -0.3 is 28.2 Å². The van der Waals surface area contributed by atoms with Crippen LogP contribution in [0.4, 0.5) is 0 Å². The molecule has 0 saturated carbocycles. The van der Waals surface area contributed by atoms with E-state index < -0.39 is 33.0 Å². The van der Waals surface area contributed by atoms with E-state index in [2.05, 4.69) is 19.0 Å². The average Bonchev–Trinajstić information content (AvgIpc) is 3.67. The molecule has 3 aliphatic rings. The number of carbonyl (C=O) groups is 1. The normalized spacial score (nSPS) is 27.0. The third-order valence-electron chi connectivity index (χ3n) is 9.80. The van der Waals surface area contributed by atoms with Gasteiger partial charge in [-0.25, -0.2) is 18.2 Å². The number of hydrogen-bond donors (Lipinski definition) is 1. The molecule has 0 aliphatic carbocycles. The van der Waals surface area contributed by atoms with Gasteiger partial charge in [0.15, 0.2) is 11.2 Å². The molecule has 3 aromatic rings. The minimum absolute atomic E-state index is 0.0560. The lowest BCUT2D eigenvalue weighted by Gasteiger charge is -2.48. The van der Waals surface area contributed by atoms with E-state index in [1.54, 1.807) is 0 Å². The molecular weight excluding hydrogens is 618 g/mol. The number of benzene rings is 1. The third-order valence-corrected chi connectivity index (χ3v) is 10.6. The van der Waals surface area contributed by atoms with E-state index in [4.69, 9.17) is 9.47 Å². The summed E-state index contributed by atoms with van der Waals surface area (Å²) in [6.07, 6.45) is 6.26. The third kappa shape index (κ3) is 6.69. The van der Waals surface area contributed by atoms with Gasteiger partial charge in [-0.1, -0.05) is 43.7 Å². The second-order valence-corrected chi connectivity index (χ2v) is 14.3. The molecule has 5 unspecified atom stereocenters. The number of epoxide rings is 1. The Morgan fingerprint density at radius 1 is 1.13 bits per heavy atom. The molecular formula is C31H43N5O9S. The number of piperidine rings is 1. The van der Waals surface area contributed by atoms with Crippen LogP contribution in [0.2, 0.25) is 0 Å². The molecule has 0 spiro atoms. The molecule has 2 aromatic heterocycles. The Bertz CT molecular complexity index is 1770. The van der Waals surface area contributed by atoms with Gasteiger partial charge in [-0.05, 0) is 18.4 Å². The highest BCUT2D eigenvalue weighted by Gasteiger charge is 2.71. The van der Waals surface area contributed by atoms with Gasteiger partial charge in [0.05, 0.1) is 36.6 Å². The summed E-state index contributed by atoms with van der Waals surface area (Å²) in [5.41, 5.74) is 0.245. The van der Waals surface area contributed by atoms with Crippen LogP contribution in [-0.4, -0.2) is 104 Å². The maximum Gasteiger partial charge on any atom is 0.332 e. The van der Waals surface area contributed by atoms with Gasteiger partial charge >= 0.3 is 11.7 Å². The van der Waals surface area contributed by atoms with Crippen LogP contribution in [0.5, 0.6) is 0 Å². The molecule has 5 heterocycles. The number of fused-ring (bicyclic) bond motifs is 6. The summed E-state index contributed by atoms with van der Waals surface area (Å²) in [6.45, 7) is 3.36. The van der Waals surface area contributed by atoms with E-state index in [1.165, 1.54) is 48.9 Å². The minimum Gasteiger partial charge on any atom is -0.748 e. The molecule has 1 N–H and O–H groups in total. The Morgan fingerprint density at radius 3 is 2.37 bits per heavy atom. The second-order valence-electron chi connectivity index (χ2n) is 12.7. The first-order chi connectivity index (χ1) is 21.8. The summed E-state index contributed by atoms with van der Waals surface area (Å²) in [5, 5.41) is 9.70. The highest BCUT2D eigenvalue weighted by molar-refractivity contribution is 7.85. The van der Waals surface area contributed by atoms with Crippen LogP contribution in [0, 0.1) is 0 Å². The Morgan fingerprint density at radius 2 is 1.78 bits per heavy atom. The van der Waals surface area contributed by atoms with Gasteiger partial charge in [-0.15, -0.1) is 0 Å². The number of aliphatic hydroxyl groups excluding tert-OH is 1. The summed E-state index contributed by atoms with van der Waals surface area (Å²) in [5.74, 6) is -1.41. The standard InChI is InChI=1S/C21H30NO4.C10H14N4O5S/c1-3-4-10-22(2)17-11-15(12-18(22)20-19(17)26-20)25-21(24)16(13-23)14-8-6-5-7-9-14;1-12-8-7(9(15)13(2)10(12)16)14(6-11-8)4-3-5-20(17,18)19/h5-9,15-20,23H,3-4,10-13H2,1-2H3;6H,3-5H2,1-2H3,(H,17,18,19)/q+1;/p-1/t15?,16-,17?,18?,19-,20?,22?;/m1./s1. The summed E-state index contributed by atoms with van der Waals surface area (Å²) in [4.78, 5) is 40.4. The maximum absolute atomic E-state index is 12.7. The van der Waals surface area contributed by atoms with Crippen LogP contribution >= 0.6 is 0 Å². The highest BCUT2D eigenvalue weighted by Crippen LogP contribution is 2.53. The quantitative estimate of drug-likeness (QED) is 0.132. The molecule has 252 valence electrons. The number of imidazole rings is 1. The Labute approximate surface area is 267 Å². The Hall–Kier alpha value is -3.37. The number of likely N-dealkylation sites (N-methyl/N-ethyl adjacent to an activating group) is 1. The number of aliphatic hydroxyl groups is 1. The lowest BCUT2D eigenvalue weighted by Crippen LogP contribution is -2.62. The van der Waals surface area contributed by atoms with E-state index in [9.17, 15) is 32.5 Å². The van der Waals surface area contributed by atoms with Gasteiger partial charge in [0.1, 0.15) is 36.3 Å². The number of esters is 1. The molecule has 2 bridgehead atoms. The van der Waals surface area contributed by atoms with Gasteiger partial charge in [0.25, 0.3) is 5.56 Å². The van der Waals surface area contributed by atoms with Gasteiger partial charge in [0.2, 0.25) is 0 Å². The van der Waals surface area contributed by atoms with E-state index >= 15 is 0 Å². The first-order valence-electron chi connectivity index (χ1n) is 15.7. The fourth-order valence-corrected chi connectivity index (χ4v) is 7.69.